The number of rotatable bonds is 3. The van der Waals surface area contributed by atoms with E-state index < -0.39 is 5.72 Å². The Morgan fingerprint density at radius 2 is 2.27 bits per heavy atom. The zero-order valence-corrected chi connectivity index (χ0v) is 8.82. The van der Waals surface area contributed by atoms with Crippen molar-refractivity contribution in [2.45, 2.75) is 18.6 Å². The van der Waals surface area contributed by atoms with Crippen molar-refractivity contribution in [1.29, 1.82) is 0 Å². The average Bonchev–Trinajstić information content (AvgIpc) is 2.79. The Labute approximate surface area is 89.4 Å². The normalized spacial score (nSPS) is 25.4. The van der Waals surface area contributed by atoms with Crippen molar-refractivity contribution in [3.8, 4) is 0 Å². The van der Waals surface area contributed by atoms with Gasteiger partial charge in [0.2, 0.25) is 0 Å². The van der Waals surface area contributed by atoms with Gasteiger partial charge in [-0.15, -0.1) is 0 Å². The number of hydrogen-bond acceptors (Lipinski definition) is 3. The highest BCUT2D eigenvalue weighted by atomic mass is 16.5. The van der Waals surface area contributed by atoms with Crippen LogP contribution in [-0.2, 0) is 10.5 Å². The van der Waals surface area contributed by atoms with Crippen LogP contribution < -0.4 is 5.32 Å². The first kappa shape index (κ1) is 10.3. The fourth-order valence-corrected chi connectivity index (χ4v) is 2.20. The molecule has 1 heterocycles. The second-order valence-corrected chi connectivity index (χ2v) is 3.77. The van der Waals surface area contributed by atoms with Gasteiger partial charge in [0, 0.05) is 18.2 Å². The highest BCUT2D eigenvalue weighted by Gasteiger charge is 2.36. The number of methoxy groups -OCH3 is 1. The molecule has 0 saturated carbocycles. The number of hydrogen-bond donors (Lipinski definition) is 1. The lowest BCUT2D eigenvalue weighted by atomic mass is 9.96. The van der Waals surface area contributed by atoms with E-state index in [-0.39, 0.29) is 0 Å². The minimum Gasteiger partial charge on any atom is -0.360 e. The van der Waals surface area contributed by atoms with E-state index in [4.69, 9.17) is 4.74 Å². The predicted molar refractivity (Wildman–Crippen MR) is 57.8 cm³/mol. The van der Waals surface area contributed by atoms with Crippen LogP contribution in [0.2, 0.25) is 0 Å². The summed E-state index contributed by atoms with van der Waals surface area (Å²) in [6, 6.07) is 7.57. The number of aldehydes is 1. The monoisotopic (exact) mass is 205 g/mol. The fraction of sp³-hybridized carbons (Fsp3) is 0.417. The third kappa shape index (κ3) is 1.68. The first-order chi connectivity index (χ1) is 7.32. The molecule has 0 spiro atoms. The molecule has 1 aliphatic heterocycles. The Kier molecular flexibility index (Phi) is 2.84. The summed E-state index contributed by atoms with van der Waals surface area (Å²) in [4.78, 5) is 11.0. The minimum atomic E-state index is -0.461. The van der Waals surface area contributed by atoms with Gasteiger partial charge in [-0.3, -0.25) is 10.1 Å². The molecule has 1 aromatic carbocycles. The topological polar surface area (TPSA) is 38.3 Å². The maximum absolute atomic E-state index is 11.0. The summed E-state index contributed by atoms with van der Waals surface area (Å²) >= 11 is 0. The molecule has 2 rings (SSSR count). The van der Waals surface area contributed by atoms with Crippen LogP contribution in [0.3, 0.4) is 0 Å². The molecule has 0 bridgehead atoms. The van der Waals surface area contributed by atoms with Gasteiger partial charge in [0.05, 0.1) is 0 Å². The van der Waals surface area contributed by atoms with Crippen molar-refractivity contribution < 1.29 is 9.53 Å². The highest BCUT2D eigenvalue weighted by molar-refractivity contribution is 5.77. The van der Waals surface area contributed by atoms with E-state index in [9.17, 15) is 4.79 Å². The molecule has 0 radical (unpaired) electrons. The number of nitrogens with one attached hydrogen (secondary N) is 1. The molecule has 3 nitrogen and oxygen atoms in total. The predicted octanol–water partition coefficient (Wildman–Crippen LogP) is 1.68. The van der Waals surface area contributed by atoms with Gasteiger partial charge < -0.3 is 4.74 Å². The Bertz CT molecular complexity index is 356. The molecule has 1 N–H and O–H groups in total. The van der Waals surface area contributed by atoms with Gasteiger partial charge in [0.15, 0.2) is 0 Å². The third-order valence-electron chi connectivity index (χ3n) is 2.99. The summed E-state index contributed by atoms with van der Waals surface area (Å²) in [7, 11) is 1.68. The zero-order valence-electron chi connectivity index (χ0n) is 8.82. The average molecular weight is 205 g/mol. The molecule has 1 aromatic rings. The zero-order chi connectivity index (χ0) is 10.7. The Balaban J connectivity index is 2.46. The van der Waals surface area contributed by atoms with Gasteiger partial charge in [0.1, 0.15) is 12.0 Å². The van der Waals surface area contributed by atoms with E-state index >= 15 is 0 Å². The second-order valence-electron chi connectivity index (χ2n) is 3.77. The lowest BCUT2D eigenvalue weighted by molar-refractivity contribution is -0.0290. The quantitative estimate of drug-likeness (QED) is 0.763. The largest absolute Gasteiger partial charge is 0.360 e. The van der Waals surface area contributed by atoms with Crippen molar-refractivity contribution in [1.82, 2.24) is 5.32 Å². The molecule has 1 atom stereocenters. The van der Waals surface area contributed by atoms with Crippen LogP contribution in [0.25, 0.3) is 0 Å². The van der Waals surface area contributed by atoms with E-state index in [1.807, 2.05) is 24.3 Å². The lowest BCUT2D eigenvalue weighted by Crippen LogP contribution is -2.39. The van der Waals surface area contributed by atoms with Crippen LogP contribution >= 0.6 is 0 Å². The first-order valence-electron chi connectivity index (χ1n) is 5.17. The molecule has 3 heteroatoms. The van der Waals surface area contributed by atoms with Crippen molar-refractivity contribution in [3.05, 3.63) is 35.4 Å². The van der Waals surface area contributed by atoms with Gasteiger partial charge >= 0.3 is 0 Å². The van der Waals surface area contributed by atoms with Crippen molar-refractivity contribution >= 4 is 6.29 Å². The summed E-state index contributed by atoms with van der Waals surface area (Å²) in [5, 5.41) is 3.33. The molecule has 0 aromatic heterocycles. The summed E-state index contributed by atoms with van der Waals surface area (Å²) in [5.74, 6) is 0. The molecule has 0 amide bonds. The molecule has 1 fully saturated rings. The van der Waals surface area contributed by atoms with E-state index in [1.54, 1.807) is 7.11 Å². The highest BCUT2D eigenvalue weighted by Crippen LogP contribution is 2.32. The molecule has 15 heavy (non-hydrogen) atoms. The number of carbonyl (C=O) groups excluding carboxylic acids is 1. The molecule has 1 saturated heterocycles. The van der Waals surface area contributed by atoms with Gasteiger partial charge in [-0.1, -0.05) is 24.3 Å². The van der Waals surface area contributed by atoms with Crippen LogP contribution in [0.5, 0.6) is 0 Å². The molecular weight excluding hydrogens is 190 g/mol. The van der Waals surface area contributed by atoms with Crippen LogP contribution in [0.1, 0.15) is 28.8 Å². The van der Waals surface area contributed by atoms with E-state index in [1.165, 1.54) is 0 Å². The minimum absolute atomic E-state index is 0.461. The molecule has 0 unspecified atom stereocenters. The van der Waals surface area contributed by atoms with Crippen LogP contribution in [0, 0.1) is 0 Å². The number of benzene rings is 1. The summed E-state index contributed by atoms with van der Waals surface area (Å²) < 4.78 is 5.56. The second kappa shape index (κ2) is 4.13. The number of carbonyl (C=O) groups is 1. The number of ether oxygens (including phenoxy) is 1. The molecular formula is C12H15NO2. The summed E-state index contributed by atoms with van der Waals surface area (Å²) in [6.45, 7) is 0.932. The molecule has 0 aliphatic carbocycles. The van der Waals surface area contributed by atoms with E-state index in [2.05, 4.69) is 5.32 Å². The van der Waals surface area contributed by atoms with Crippen LogP contribution in [0.4, 0.5) is 0 Å². The molecule has 80 valence electrons. The summed E-state index contributed by atoms with van der Waals surface area (Å²) in [5.41, 5.74) is 1.19. The SMILES string of the molecule is CO[C@@]1(c2ccccc2C=O)CCCN1. The van der Waals surface area contributed by atoms with Gasteiger partial charge in [-0.25, -0.2) is 0 Å². The van der Waals surface area contributed by atoms with Crippen molar-refractivity contribution in [2.75, 3.05) is 13.7 Å². The van der Waals surface area contributed by atoms with Crippen LogP contribution in [-0.4, -0.2) is 19.9 Å². The summed E-state index contributed by atoms with van der Waals surface area (Å²) in [6.07, 6.45) is 2.87. The smallest absolute Gasteiger partial charge is 0.150 e. The van der Waals surface area contributed by atoms with E-state index in [0.717, 1.165) is 31.2 Å². The van der Waals surface area contributed by atoms with Gasteiger partial charge in [0.25, 0.3) is 0 Å². The fourth-order valence-electron chi connectivity index (χ4n) is 2.20. The van der Waals surface area contributed by atoms with E-state index in [0.29, 0.717) is 5.56 Å². The lowest BCUT2D eigenvalue weighted by Gasteiger charge is -2.29. The van der Waals surface area contributed by atoms with Crippen molar-refractivity contribution in [3.63, 3.8) is 0 Å². The Morgan fingerprint density at radius 3 is 2.87 bits per heavy atom. The van der Waals surface area contributed by atoms with Gasteiger partial charge in [-0.2, -0.15) is 0 Å². The maximum Gasteiger partial charge on any atom is 0.150 e. The van der Waals surface area contributed by atoms with Crippen LogP contribution in [0.15, 0.2) is 24.3 Å². The van der Waals surface area contributed by atoms with Gasteiger partial charge in [-0.05, 0) is 19.4 Å². The Morgan fingerprint density at radius 1 is 1.47 bits per heavy atom. The Hall–Kier alpha value is -1.19. The first-order valence-corrected chi connectivity index (χ1v) is 5.17. The third-order valence-corrected chi connectivity index (χ3v) is 2.99. The van der Waals surface area contributed by atoms with Crippen molar-refractivity contribution in [2.24, 2.45) is 0 Å². The maximum atomic E-state index is 11.0. The molecule has 1 aliphatic rings. The standard InChI is InChI=1S/C12H15NO2/c1-15-12(7-4-8-13-12)11-6-3-2-5-10(11)9-14/h2-3,5-6,9,13H,4,7-8H2,1H3/t12-/m1/s1.